The molecule has 0 radical (unpaired) electrons. The molecule has 0 aliphatic rings. The molecule has 3 rings (SSSR count). The fourth-order valence-electron chi connectivity index (χ4n) is 2.28. The predicted molar refractivity (Wildman–Crippen MR) is 92.9 cm³/mol. The molecular formula is C21H16O3. The Hall–Kier alpha value is -3.33. The number of hydrogen-bond acceptors (Lipinski definition) is 3. The average molecular weight is 316 g/mol. The van der Waals surface area contributed by atoms with Gasteiger partial charge in [-0.2, -0.15) is 0 Å². The average Bonchev–Trinajstić information content (AvgIpc) is 2.67. The van der Waals surface area contributed by atoms with Crippen LogP contribution in [-0.2, 0) is 9.78 Å². The first-order valence-corrected chi connectivity index (χ1v) is 7.58. The normalized spacial score (nSPS) is 9.83. The lowest BCUT2D eigenvalue weighted by molar-refractivity contribution is -0.190. The van der Waals surface area contributed by atoms with E-state index in [4.69, 9.17) is 9.78 Å². The predicted octanol–water partition coefficient (Wildman–Crippen LogP) is 4.86. The molecule has 0 unspecified atom stereocenters. The van der Waals surface area contributed by atoms with Gasteiger partial charge in [0.2, 0.25) is 0 Å². The lowest BCUT2D eigenvalue weighted by atomic mass is 9.99. The van der Waals surface area contributed by atoms with E-state index in [1.165, 1.54) is 6.26 Å². The SMILES string of the molecule is O=C(OOC=C(c1ccccc1)c1ccccc1)c1ccccc1. The van der Waals surface area contributed by atoms with Gasteiger partial charge < -0.3 is 0 Å². The first kappa shape index (κ1) is 15.6. The zero-order valence-corrected chi connectivity index (χ0v) is 13.0. The summed E-state index contributed by atoms with van der Waals surface area (Å²) in [5.41, 5.74) is 3.21. The van der Waals surface area contributed by atoms with Crippen LogP contribution in [0, 0.1) is 0 Å². The summed E-state index contributed by atoms with van der Waals surface area (Å²) in [5, 5.41) is 0. The molecule has 0 aliphatic heterocycles. The summed E-state index contributed by atoms with van der Waals surface area (Å²) < 4.78 is 0. The van der Waals surface area contributed by atoms with Crippen molar-refractivity contribution in [1.82, 2.24) is 0 Å². The van der Waals surface area contributed by atoms with Gasteiger partial charge in [0.05, 0.1) is 5.56 Å². The summed E-state index contributed by atoms with van der Waals surface area (Å²) in [6.07, 6.45) is 1.45. The Morgan fingerprint density at radius 3 is 1.50 bits per heavy atom. The second kappa shape index (κ2) is 7.79. The van der Waals surface area contributed by atoms with Crippen molar-refractivity contribution < 1.29 is 14.6 Å². The van der Waals surface area contributed by atoms with E-state index in [0.29, 0.717) is 5.56 Å². The number of rotatable bonds is 5. The molecule has 0 aliphatic carbocycles. The molecule has 3 nitrogen and oxygen atoms in total. The first-order valence-electron chi connectivity index (χ1n) is 7.58. The maximum absolute atomic E-state index is 11.9. The molecule has 0 amide bonds. The maximum atomic E-state index is 11.9. The molecule has 24 heavy (non-hydrogen) atoms. The molecule has 0 atom stereocenters. The van der Waals surface area contributed by atoms with E-state index in [9.17, 15) is 4.79 Å². The van der Waals surface area contributed by atoms with Gasteiger partial charge in [-0.1, -0.05) is 78.9 Å². The standard InChI is InChI=1S/C21H16O3/c22-21(19-14-8-3-9-15-19)24-23-16-20(17-10-4-1-5-11-17)18-12-6-2-7-13-18/h1-16H. The minimum absolute atomic E-state index is 0.437. The van der Waals surface area contributed by atoms with Crippen molar-refractivity contribution >= 4 is 11.5 Å². The van der Waals surface area contributed by atoms with E-state index in [2.05, 4.69) is 0 Å². The van der Waals surface area contributed by atoms with Crippen LogP contribution >= 0.6 is 0 Å². The summed E-state index contributed by atoms with van der Waals surface area (Å²) in [4.78, 5) is 21.9. The first-order chi connectivity index (χ1) is 11.8. The Balaban J connectivity index is 1.79. The third-order valence-electron chi connectivity index (χ3n) is 3.47. The van der Waals surface area contributed by atoms with Crippen molar-refractivity contribution in [1.29, 1.82) is 0 Å². The third kappa shape index (κ3) is 3.90. The van der Waals surface area contributed by atoms with Gasteiger partial charge in [-0.25, -0.2) is 9.68 Å². The zero-order valence-electron chi connectivity index (χ0n) is 13.0. The van der Waals surface area contributed by atoms with Gasteiger partial charge in [0.1, 0.15) is 0 Å². The van der Waals surface area contributed by atoms with E-state index in [-0.39, 0.29) is 0 Å². The molecule has 3 aromatic rings. The van der Waals surface area contributed by atoms with Crippen LogP contribution in [0.25, 0.3) is 5.57 Å². The van der Waals surface area contributed by atoms with Crippen molar-refractivity contribution in [2.75, 3.05) is 0 Å². The highest BCUT2D eigenvalue weighted by atomic mass is 17.2. The topological polar surface area (TPSA) is 35.5 Å². The van der Waals surface area contributed by atoms with Crippen LogP contribution in [0.3, 0.4) is 0 Å². The Labute approximate surface area is 140 Å². The smallest absolute Gasteiger partial charge is 0.294 e. The second-order valence-electron chi connectivity index (χ2n) is 5.10. The zero-order chi connectivity index (χ0) is 16.6. The number of hydrogen-bond donors (Lipinski definition) is 0. The van der Waals surface area contributed by atoms with E-state index in [1.54, 1.807) is 24.3 Å². The molecule has 0 saturated heterocycles. The van der Waals surface area contributed by atoms with Gasteiger partial charge in [0.15, 0.2) is 6.26 Å². The fraction of sp³-hybridized carbons (Fsp3) is 0. The summed E-state index contributed by atoms with van der Waals surface area (Å²) in [6.45, 7) is 0. The van der Waals surface area contributed by atoms with E-state index in [1.807, 2.05) is 66.7 Å². The molecule has 3 heteroatoms. The molecule has 0 N–H and O–H groups in total. The van der Waals surface area contributed by atoms with Crippen LogP contribution in [0.5, 0.6) is 0 Å². The summed E-state index contributed by atoms with van der Waals surface area (Å²) in [5.74, 6) is -0.535. The molecule has 0 spiro atoms. The fourth-order valence-corrected chi connectivity index (χ4v) is 2.28. The minimum Gasteiger partial charge on any atom is -0.294 e. The number of carbonyl (C=O) groups is 1. The molecule has 3 aromatic carbocycles. The summed E-state index contributed by atoms with van der Waals surface area (Å²) in [6, 6.07) is 28.3. The Bertz CT molecular complexity index is 768. The van der Waals surface area contributed by atoms with Crippen molar-refractivity contribution in [3.63, 3.8) is 0 Å². The lowest BCUT2D eigenvalue weighted by Gasteiger charge is -2.08. The summed E-state index contributed by atoms with van der Waals surface area (Å²) in [7, 11) is 0. The van der Waals surface area contributed by atoms with Crippen LogP contribution in [0.1, 0.15) is 21.5 Å². The molecule has 0 aromatic heterocycles. The highest BCUT2D eigenvalue weighted by Crippen LogP contribution is 2.23. The van der Waals surface area contributed by atoms with Crippen molar-refractivity contribution in [2.24, 2.45) is 0 Å². The van der Waals surface area contributed by atoms with Crippen LogP contribution in [0.15, 0.2) is 97.3 Å². The molecule has 0 heterocycles. The molecule has 0 bridgehead atoms. The van der Waals surface area contributed by atoms with Gasteiger partial charge in [0.25, 0.3) is 0 Å². The van der Waals surface area contributed by atoms with Gasteiger partial charge in [-0.15, -0.1) is 0 Å². The largest absolute Gasteiger partial charge is 0.386 e. The van der Waals surface area contributed by atoms with Crippen molar-refractivity contribution in [2.45, 2.75) is 0 Å². The lowest BCUT2D eigenvalue weighted by Crippen LogP contribution is -2.03. The maximum Gasteiger partial charge on any atom is 0.386 e. The Morgan fingerprint density at radius 2 is 1.04 bits per heavy atom. The minimum atomic E-state index is -0.535. The number of carbonyl (C=O) groups excluding carboxylic acids is 1. The van der Waals surface area contributed by atoms with Crippen LogP contribution < -0.4 is 0 Å². The van der Waals surface area contributed by atoms with Gasteiger partial charge >= 0.3 is 5.97 Å². The monoisotopic (exact) mass is 316 g/mol. The quantitative estimate of drug-likeness (QED) is 0.383. The highest BCUT2D eigenvalue weighted by molar-refractivity contribution is 5.88. The molecular weight excluding hydrogens is 300 g/mol. The molecule has 0 saturated carbocycles. The van der Waals surface area contributed by atoms with Crippen LogP contribution in [0.4, 0.5) is 0 Å². The highest BCUT2D eigenvalue weighted by Gasteiger charge is 2.09. The van der Waals surface area contributed by atoms with Gasteiger partial charge in [-0.3, -0.25) is 4.89 Å². The van der Waals surface area contributed by atoms with Crippen molar-refractivity contribution in [3.8, 4) is 0 Å². The Morgan fingerprint density at radius 1 is 0.625 bits per heavy atom. The second-order valence-corrected chi connectivity index (χ2v) is 5.10. The molecule has 0 fully saturated rings. The number of benzene rings is 3. The van der Waals surface area contributed by atoms with Gasteiger partial charge in [0, 0.05) is 5.57 Å². The Kier molecular flexibility index (Phi) is 5.05. The third-order valence-corrected chi connectivity index (χ3v) is 3.47. The van der Waals surface area contributed by atoms with Crippen molar-refractivity contribution in [3.05, 3.63) is 114 Å². The van der Waals surface area contributed by atoms with E-state index in [0.717, 1.165) is 16.7 Å². The summed E-state index contributed by atoms with van der Waals surface area (Å²) >= 11 is 0. The van der Waals surface area contributed by atoms with E-state index < -0.39 is 5.97 Å². The van der Waals surface area contributed by atoms with Crippen LogP contribution in [0.2, 0.25) is 0 Å². The molecule has 118 valence electrons. The van der Waals surface area contributed by atoms with E-state index >= 15 is 0 Å². The van der Waals surface area contributed by atoms with Crippen LogP contribution in [-0.4, -0.2) is 5.97 Å². The van der Waals surface area contributed by atoms with Gasteiger partial charge in [-0.05, 0) is 23.3 Å².